The summed E-state index contributed by atoms with van der Waals surface area (Å²) in [6.45, 7) is -0.315. The third kappa shape index (κ3) is 6.54. The fourth-order valence-corrected chi connectivity index (χ4v) is 2.00. The highest BCUT2D eigenvalue weighted by molar-refractivity contribution is 6.42. The van der Waals surface area contributed by atoms with Crippen LogP contribution < -0.4 is 0 Å². The Balaban J connectivity index is 2.72. The predicted molar refractivity (Wildman–Crippen MR) is 74.3 cm³/mol. The minimum absolute atomic E-state index is 0.0447. The van der Waals surface area contributed by atoms with Gasteiger partial charge in [-0.25, -0.2) is 0 Å². The highest BCUT2D eigenvalue weighted by Gasteiger charge is 2.29. The van der Waals surface area contributed by atoms with E-state index in [4.69, 9.17) is 28.3 Å². The standard InChI is InChI=1S/C13H14Cl2F3NO2/c14-10-2-1-9(7-11(10)15)8-19(5-6-20)12(21)3-4-13(16,17)18/h1-2,7,20H,3-6,8H2. The molecule has 0 spiro atoms. The summed E-state index contributed by atoms with van der Waals surface area (Å²) in [5.74, 6) is -0.674. The summed E-state index contributed by atoms with van der Waals surface area (Å²) in [4.78, 5) is 12.9. The summed E-state index contributed by atoms with van der Waals surface area (Å²) in [6.07, 6.45) is -6.22. The van der Waals surface area contributed by atoms with Crippen molar-refractivity contribution in [2.45, 2.75) is 25.6 Å². The first-order chi connectivity index (χ1) is 9.73. The summed E-state index contributed by atoms with van der Waals surface area (Å²) < 4.78 is 36.4. The molecule has 0 radical (unpaired) electrons. The molecule has 0 saturated heterocycles. The van der Waals surface area contributed by atoms with Crippen molar-refractivity contribution < 1.29 is 23.1 Å². The Labute approximate surface area is 130 Å². The molecule has 0 bridgehead atoms. The molecule has 0 aliphatic carbocycles. The van der Waals surface area contributed by atoms with Crippen LogP contribution in [0.4, 0.5) is 13.2 Å². The van der Waals surface area contributed by atoms with E-state index in [1.165, 1.54) is 12.1 Å². The van der Waals surface area contributed by atoms with Crippen LogP contribution in [0, 0.1) is 0 Å². The van der Waals surface area contributed by atoms with Gasteiger partial charge in [0.25, 0.3) is 0 Å². The zero-order valence-corrected chi connectivity index (χ0v) is 12.5. The smallest absolute Gasteiger partial charge is 0.389 e. The topological polar surface area (TPSA) is 40.5 Å². The van der Waals surface area contributed by atoms with Gasteiger partial charge in [-0.15, -0.1) is 0 Å². The largest absolute Gasteiger partial charge is 0.395 e. The molecule has 0 unspecified atom stereocenters. The lowest BCUT2D eigenvalue weighted by Crippen LogP contribution is -2.33. The number of aliphatic hydroxyl groups excluding tert-OH is 1. The first-order valence-electron chi connectivity index (χ1n) is 6.12. The number of halogens is 5. The van der Waals surface area contributed by atoms with E-state index >= 15 is 0 Å². The van der Waals surface area contributed by atoms with E-state index in [1.54, 1.807) is 6.07 Å². The van der Waals surface area contributed by atoms with Gasteiger partial charge in [0, 0.05) is 19.5 Å². The SMILES string of the molecule is O=C(CCC(F)(F)F)N(CCO)Cc1ccc(Cl)c(Cl)c1. The van der Waals surface area contributed by atoms with Gasteiger partial charge in [0.05, 0.1) is 23.1 Å². The minimum atomic E-state index is -4.38. The molecule has 1 rings (SSSR count). The van der Waals surface area contributed by atoms with Crippen molar-refractivity contribution >= 4 is 29.1 Å². The van der Waals surface area contributed by atoms with E-state index in [1.807, 2.05) is 0 Å². The molecule has 8 heteroatoms. The van der Waals surface area contributed by atoms with Crippen LogP contribution in [0.3, 0.4) is 0 Å². The highest BCUT2D eigenvalue weighted by atomic mass is 35.5. The molecule has 0 fully saturated rings. The summed E-state index contributed by atoms with van der Waals surface area (Å²) in [7, 11) is 0. The van der Waals surface area contributed by atoms with Crippen LogP contribution in [0.25, 0.3) is 0 Å². The van der Waals surface area contributed by atoms with E-state index < -0.39 is 24.9 Å². The van der Waals surface area contributed by atoms with Crippen molar-refractivity contribution in [1.82, 2.24) is 4.90 Å². The molecule has 1 aromatic carbocycles. The second-order valence-electron chi connectivity index (χ2n) is 4.40. The molecule has 1 amide bonds. The van der Waals surface area contributed by atoms with Gasteiger partial charge in [0.1, 0.15) is 0 Å². The number of alkyl halides is 3. The molecule has 21 heavy (non-hydrogen) atoms. The van der Waals surface area contributed by atoms with Gasteiger partial charge in [0.15, 0.2) is 0 Å². The van der Waals surface area contributed by atoms with Crippen LogP contribution in [0.2, 0.25) is 10.0 Å². The number of aliphatic hydroxyl groups is 1. The lowest BCUT2D eigenvalue weighted by molar-refractivity contribution is -0.149. The molecule has 0 heterocycles. The van der Waals surface area contributed by atoms with Crippen molar-refractivity contribution in [2.24, 2.45) is 0 Å². The monoisotopic (exact) mass is 343 g/mol. The van der Waals surface area contributed by atoms with Gasteiger partial charge in [-0.3, -0.25) is 4.79 Å². The lowest BCUT2D eigenvalue weighted by Gasteiger charge is -2.22. The normalized spacial score (nSPS) is 11.5. The van der Waals surface area contributed by atoms with Crippen LogP contribution in [-0.4, -0.2) is 35.2 Å². The van der Waals surface area contributed by atoms with Gasteiger partial charge in [-0.2, -0.15) is 13.2 Å². The zero-order valence-electron chi connectivity index (χ0n) is 11.0. The van der Waals surface area contributed by atoms with Gasteiger partial charge in [-0.05, 0) is 17.7 Å². The van der Waals surface area contributed by atoms with Crippen LogP contribution in [-0.2, 0) is 11.3 Å². The van der Waals surface area contributed by atoms with Crippen LogP contribution in [0.15, 0.2) is 18.2 Å². The van der Waals surface area contributed by atoms with Crippen LogP contribution in [0.5, 0.6) is 0 Å². The maximum absolute atomic E-state index is 12.1. The molecule has 1 aromatic rings. The van der Waals surface area contributed by atoms with Crippen molar-refractivity contribution in [3.05, 3.63) is 33.8 Å². The number of amides is 1. The van der Waals surface area contributed by atoms with E-state index in [9.17, 15) is 18.0 Å². The fraction of sp³-hybridized carbons (Fsp3) is 0.462. The maximum atomic E-state index is 12.1. The Morgan fingerprint density at radius 3 is 2.43 bits per heavy atom. The first kappa shape index (κ1) is 18.1. The molecular formula is C13H14Cl2F3NO2. The van der Waals surface area contributed by atoms with Crippen molar-refractivity contribution in [3.63, 3.8) is 0 Å². The van der Waals surface area contributed by atoms with Crippen LogP contribution >= 0.6 is 23.2 Å². The molecule has 0 aliphatic rings. The third-order valence-corrected chi connectivity index (χ3v) is 3.44. The lowest BCUT2D eigenvalue weighted by atomic mass is 10.2. The zero-order chi connectivity index (χ0) is 16.0. The highest BCUT2D eigenvalue weighted by Crippen LogP contribution is 2.24. The number of carbonyl (C=O) groups is 1. The summed E-state index contributed by atoms with van der Waals surface area (Å²) in [5, 5.41) is 9.56. The average molecular weight is 344 g/mol. The Bertz CT molecular complexity index is 495. The average Bonchev–Trinajstić information content (AvgIpc) is 2.39. The third-order valence-electron chi connectivity index (χ3n) is 2.70. The van der Waals surface area contributed by atoms with E-state index in [-0.39, 0.29) is 19.7 Å². The maximum Gasteiger partial charge on any atom is 0.389 e. The Morgan fingerprint density at radius 1 is 1.24 bits per heavy atom. The summed E-state index contributed by atoms with van der Waals surface area (Å²) in [6, 6.07) is 4.69. The summed E-state index contributed by atoms with van der Waals surface area (Å²) in [5.41, 5.74) is 0.623. The Morgan fingerprint density at radius 2 is 1.90 bits per heavy atom. The quantitative estimate of drug-likeness (QED) is 0.856. The van der Waals surface area contributed by atoms with Crippen molar-refractivity contribution in [1.29, 1.82) is 0 Å². The second kappa shape index (κ2) is 7.87. The van der Waals surface area contributed by atoms with Gasteiger partial charge >= 0.3 is 6.18 Å². The number of nitrogens with zero attached hydrogens (tertiary/aromatic N) is 1. The number of rotatable bonds is 6. The first-order valence-corrected chi connectivity index (χ1v) is 6.88. The predicted octanol–water partition coefficient (Wildman–Crippen LogP) is 3.66. The number of benzene rings is 1. The molecular weight excluding hydrogens is 330 g/mol. The number of hydrogen-bond donors (Lipinski definition) is 1. The van der Waals surface area contributed by atoms with E-state index in [0.29, 0.717) is 15.6 Å². The van der Waals surface area contributed by atoms with Crippen molar-refractivity contribution in [3.8, 4) is 0 Å². The Hall–Kier alpha value is -0.980. The molecule has 0 saturated carbocycles. The number of carbonyl (C=O) groups excluding carboxylic acids is 1. The summed E-state index contributed by atoms with van der Waals surface area (Å²) >= 11 is 11.6. The van der Waals surface area contributed by atoms with E-state index in [0.717, 1.165) is 4.90 Å². The van der Waals surface area contributed by atoms with Crippen LogP contribution in [0.1, 0.15) is 18.4 Å². The Kier molecular flexibility index (Phi) is 6.77. The van der Waals surface area contributed by atoms with Gasteiger partial charge < -0.3 is 10.0 Å². The van der Waals surface area contributed by atoms with Gasteiger partial charge in [0.2, 0.25) is 5.91 Å². The molecule has 0 aliphatic heterocycles. The minimum Gasteiger partial charge on any atom is -0.395 e. The molecule has 3 nitrogen and oxygen atoms in total. The number of hydrogen-bond acceptors (Lipinski definition) is 2. The molecule has 0 aromatic heterocycles. The molecule has 1 N–H and O–H groups in total. The molecule has 118 valence electrons. The van der Waals surface area contributed by atoms with E-state index in [2.05, 4.69) is 0 Å². The fourth-order valence-electron chi connectivity index (χ4n) is 1.68. The van der Waals surface area contributed by atoms with Crippen molar-refractivity contribution in [2.75, 3.05) is 13.2 Å². The van der Waals surface area contributed by atoms with Gasteiger partial charge in [-0.1, -0.05) is 29.3 Å². The second-order valence-corrected chi connectivity index (χ2v) is 5.22. The molecule has 0 atom stereocenters.